The molecule has 0 aliphatic heterocycles. The Kier molecular flexibility index (Phi) is 3.23. The van der Waals surface area contributed by atoms with E-state index in [2.05, 4.69) is 12.0 Å². The topological polar surface area (TPSA) is 34.9 Å². The van der Waals surface area contributed by atoms with Crippen LogP contribution in [0, 0.1) is 0 Å². The SMILES string of the molecule is CCCc1cc(C(C)=O)n(CC)n1. The molecule has 0 atom stereocenters. The fraction of sp³-hybridized carbons (Fsp3) is 0.600. The lowest BCUT2D eigenvalue weighted by Crippen LogP contribution is -2.06. The molecule has 0 saturated carbocycles. The molecule has 0 spiro atoms. The maximum Gasteiger partial charge on any atom is 0.177 e. The monoisotopic (exact) mass is 180 g/mol. The second-order valence-electron chi connectivity index (χ2n) is 3.14. The number of aromatic nitrogens is 2. The molecular weight excluding hydrogens is 164 g/mol. The Morgan fingerprint density at radius 1 is 1.54 bits per heavy atom. The summed E-state index contributed by atoms with van der Waals surface area (Å²) < 4.78 is 1.77. The zero-order chi connectivity index (χ0) is 9.84. The van der Waals surface area contributed by atoms with E-state index in [-0.39, 0.29) is 5.78 Å². The Morgan fingerprint density at radius 2 is 2.23 bits per heavy atom. The Labute approximate surface area is 78.8 Å². The van der Waals surface area contributed by atoms with E-state index in [4.69, 9.17) is 0 Å². The summed E-state index contributed by atoms with van der Waals surface area (Å²) in [5, 5.41) is 4.34. The van der Waals surface area contributed by atoms with Crippen LogP contribution in [-0.2, 0) is 13.0 Å². The summed E-state index contributed by atoms with van der Waals surface area (Å²) in [6, 6.07) is 1.90. The van der Waals surface area contributed by atoms with Crippen LogP contribution in [0.25, 0.3) is 0 Å². The van der Waals surface area contributed by atoms with Crippen molar-refractivity contribution >= 4 is 5.78 Å². The van der Waals surface area contributed by atoms with E-state index in [0.29, 0.717) is 0 Å². The lowest BCUT2D eigenvalue weighted by Gasteiger charge is -1.98. The first-order valence-corrected chi connectivity index (χ1v) is 4.76. The number of Topliss-reactive ketones (excluding diaryl/α,β-unsaturated/α-hetero) is 1. The second kappa shape index (κ2) is 4.21. The molecule has 72 valence electrons. The minimum atomic E-state index is 0.0942. The number of hydrogen-bond acceptors (Lipinski definition) is 2. The highest BCUT2D eigenvalue weighted by molar-refractivity contribution is 5.92. The van der Waals surface area contributed by atoms with Gasteiger partial charge in [-0.25, -0.2) is 0 Å². The van der Waals surface area contributed by atoms with Gasteiger partial charge in [0.25, 0.3) is 0 Å². The summed E-state index contributed by atoms with van der Waals surface area (Å²) in [5.74, 6) is 0.0942. The van der Waals surface area contributed by atoms with Crippen LogP contribution in [0.3, 0.4) is 0 Å². The number of hydrogen-bond donors (Lipinski definition) is 0. The van der Waals surface area contributed by atoms with Gasteiger partial charge in [-0.3, -0.25) is 9.48 Å². The van der Waals surface area contributed by atoms with Crippen molar-refractivity contribution in [3.63, 3.8) is 0 Å². The van der Waals surface area contributed by atoms with Crippen LogP contribution >= 0.6 is 0 Å². The maximum absolute atomic E-state index is 11.2. The molecule has 0 unspecified atom stereocenters. The molecule has 3 nitrogen and oxygen atoms in total. The smallest absolute Gasteiger partial charge is 0.177 e. The molecular formula is C10H16N2O. The fourth-order valence-electron chi connectivity index (χ4n) is 1.37. The van der Waals surface area contributed by atoms with Crippen LogP contribution in [0.15, 0.2) is 6.07 Å². The largest absolute Gasteiger partial charge is 0.293 e. The summed E-state index contributed by atoms with van der Waals surface area (Å²) in [4.78, 5) is 11.2. The first-order chi connectivity index (χ1) is 6.19. The van der Waals surface area contributed by atoms with E-state index in [1.54, 1.807) is 11.6 Å². The van der Waals surface area contributed by atoms with Crippen molar-refractivity contribution < 1.29 is 4.79 Å². The minimum Gasteiger partial charge on any atom is -0.293 e. The first-order valence-electron chi connectivity index (χ1n) is 4.76. The van der Waals surface area contributed by atoms with Crippen LogP contribution in [0.4, 0.5) is 0 Å². The van der Waals surface area contributed by atoms with Crippen molar-refractivity contribution in [1.29, 1.82) is 0 Å². The lowest BCUT2D eigenvalue weighted by atomic mass is 10.2. The normalized spacial score (nSPS) is 10.4. The van der Waals surface area contributed by atoms with E-state index in [9.17, 15) is 4.79 Å². The van der Waals surface area contributed by atoms with Gasteiger partial charge in [0.2, 0.25) is 0 Å². The van der Waals surface area contributed by atoms with Gasteiger partial charge in [-0.05, 0) is 19.4 Å². The summed E-state index contributed by atoms with van der Waals surface area (Å²) in [5.41, 5.74) is 1.75. The fourth-order valence-corrected chi connectivity index (χ4v) is 1.37. The first kappa shape index (κ1) is 9.96. The molecule has 0 aliphatic rings. The Hall–Kier alpha value is -1.12. The van der Waals surface area contributed by atoms with Gasteiger partial charge in [0, 0.05) is 13.5 Å². The highest BCUT2D eigenvalue weighted by Crippen LogP contribution is 2.07. The molecule has 3 heteroatoms. The molecule has 1 heterocycles. The molecule has 0 radical (unpaired) electrons. The quantitative estimate of drug-likeness (QED) is 0.665. The average molecular weight is 180 g/mol. The highest BCUT2D eigenvalue weighted by Gasteiger charge is 2.09. The third kappa shape index (κ3) is 2.17. The number of carbonyl (C=O) groups is 1. The molecule has 1 rings (SSSR count). The van der Waals surface area contributed by atoms with Crippen LogP contribution in [-0.4, -0.2) is 15.6 Å². The third-order valence-electron chi connectivity index (χ3n) is 2.00. The van der Waals surface area contributed by atoms with Gasteiger partial charge in [0.1, 0.15) is 5.69 Å². The summed E-state index contributed by atoms with van der Waals surface area (Å²) in [7, 11) is 0. The van der Waals surface area contributed by atoms with Crippen LogP contribution in [0.2, 0.25) is 0 Å². The van der Waals surface area contributed by atoms with Gasteiger partial charge < -0.3 is 0 Å². The summed E-state index contributed by atoms with van der Waals surface area (Å²) >= 11 is 0. The second-order valence-corrected chi connectivity index (χ2v) is 3.14. The van der Waals surface area contributed by atoms with E-state index < -0.39 is 0 Å². The van der Waals surface area contributed by atoms with Gasteiger partial charge in [-0.15, -0.1) is 0 Å². The number of rotatable bonds is 4. The Morgan fingerprint density at radius 3 is 2.62 bits per heavy atom. The minimum absolute atomic E-state index is 0.0942. The van der Waals surface area contributed by atoms with Crippen molar-refractivity contribution in [1.82, 2.24) is 9.78 Å². The van der Waals surface area contributed by atoms with E-state index in [1.807, 2.05) is 13.0 Å². The van der Waals surface area contributed by atoms with Gasteiger partial charge >= 0.3 is 0 Å². The number of nitrogens with zero attached hydrogens (tertiary/aromatic N) is 2. The van der Waals surface area contributed by atoms with Gasteiger partial charge in [-0.1, -0.05) is 13.3 Å². The predicted octanol–water partition coefficient (Wildman–Crippen LogP) is 2.06. The zero-order valence-corrected chi connectivity index (χ0v) is 8.50. The number of aryl methyl sites for hydroxylation is 2. The zero-order valence-electron chi connectivity index (χ0n) is 8.50. The molecule has 0 aliphatic carbocycles. The molecule has 0 saturated heterocycles. The van der Waals surface area contributed by atoms with Crippen molar-refractivity contribution in [2.45, 2.75) is 40.2 Å². The van der Waals surface area contributed by atoms with E-state index in [1.165, 1.54) is 0 Å². The molecule has 0 fully saturated rings. The predicted molar refractivity (Wildman–Crippen MR) is 51.9 cm³/mol. The van der Waals surface area contributed by atoms with Crippen molar-refractivity contribution in [2.24, 2.45) is 0 Å². The number of carbonyl (C=O) groups excluding carboxylic acids is 1. The molecule has 1 aromatic heterocycles. The van der Waals surface area contributed by atoms with Crippen molar-refractivity contribution in [3.8, 4) is 0 Å². The van der Waals surface area contributed by atoms with E-state index in [0.717, 1.165) is 30.8 Å². The van der Waals surface area contributed by atoms with Crippen molar-refractivity contribution in [2.75, 3.05) is 0 Å². The Balaban J connectivity index is 2.97. The van der Waals surface area contributed by atoms with Gasteiger partial charge in [-0.2, -0.15) is 5.10 Å². The summed E-state index contributed by atoms with van der Waals surface area (Å²) in [6.07, 6.45) is 2.02. The van der Waals surface area contributed by atoms with Crippen LogP contribution < -0.4 is 0 Å². The molecule has 0 amide bonds. The van der Waals surface area contributed by atoms with Gasteiger partial charge in [0.15, 0.2) is 5.78 Å². The van der Waals surface area contributed by atoms with E-state index >= 15 is 0 Å². The summed E-state index contributed by atoms with van der Waals surface area (Å²) in [6.45, 7) is 6.45. The third-order valence-corrected chi connectivity index (χ3v) is 2.00. The van der Waals surface area contributed by atoms with Gasteiger partial charge in [0.05, 0.1) is 5.69 Å². The molecule has 13 heavy (non-hydrogen) atoms. The molecule has 0 N–H and O–H groups in total. The standard InChI is InChI=1S/C10H16N2O/c1-4-6-9-7-10(8(3)13)12(5-2)11-9/h7H,4-6H2,1-3H3. The molecule has 0 bridgehead atoms. The average Bonchev–Trinajstić information content (AvgIpc) is 2.48. The Bertz CT molecular complexity index is 302. The van der Waals surface area contributed by atoms with Crippen molar-refractivity contribution in [3.05, 3.63) is 17.5 Å². The molecule has 1 aromatic rings. The highest BCUT2D eigenvalue weighted by atomic mass is 16.1. The lowest BCUT2D eigenvalue weighted by molar-refractivity contribution is 0.100. The molecule has 0 aromatic carbocycles. The van der Waals surface area contributed by atoms with Crippen LogP contribution in [0.1, 0.15) is 43.4 Å². The van der Waals surface area contributed by atoms with Crippen LogP contribution in [0.5, 0.6) is 0 Å². The maximum atomic E-state index is 11.2. The number of ketones is 1.